The summed E-state index contributed by atoms with van der Waals surface area (Å²) in [5, 5.41) is 10.9. The molecule has 2 rings (SSSR count). The van der Waals surface area contributed by atoms with Gasteiger partial charge >= 0.3 is 0 Å². The van der Waals surface area contributed by atoms with Crippen molar-refractivity contribution in [2.75, 3.05) is 13.1 Å². The Bertz CT molecular complexity index is 627. The van der Waals surface area contributed by atoms with Crippen LogP contribution in [0.4, 0.5) is 5.69 Å². The Hall–Kier alpha value is -1.22. The van der Waals surface area contributed by atoms with Gasteiger partial charge in [0, 0.05) is 30.8 Å². The molecule has 1 aliphatic rings. The van der Waals surface area contributed by atoms with Crippen LogP contribution in [0.2, 0.25) is 0 Å². The quantitative estimate of drug-likeness (QED) is 0.664. The van der Waals surface area contributed by atoms with Gasteiger partial charge in [-0.25, -0.2) is 8.42 Å². The molecule has 9 heteroatoms. The van der Waals surface area contributed by atoms with E-state index in [0.717, 1.165) is 0 Å². The summed E-state index contributed by atoms with van der Waals surface area (Å²) in [6.07, 6.45) is 1.21. The predicted octanol–water partition coefficient (Wildman–Crippen LogP) is 1.44. The van der Waals surface area contributed by atoms with Gasteiger partial charge in [-0.3, -0.25) is 10.1 Å². The van der Waals surface area contributed by atoms with Crippen LogP contribution in [0.25, 0.3) is 0 Å². The average molecular weight is 336 g/mol. The van der Waals surface area contributed by atoms with Crippen LogP contribution in [0.3, 0.4) is 0 Å². The molecule has 1 heterocycles. The van der Waals surface area contributed by atoms with Crippen LogP contribution in [0.15, 0.2) is 23.1 Å². The molecule has 7 nitrogen and oxygen atoms in total. The Morgan fingerprint density at radius 3 is 2.43 bits per heavy atom. The minimum atomic E-state index is -3.70. The highest BCUT2D eigenvalue weighted by molar-refractivity contribution is 7.89. The summed E-state index contributed by atoms with van der Waals surface area (Å²) in [4.78, 5) is 10.3. The van der Waals surface area contributed by atoms with Gasteiger partial charge in [-0.05, 0) is 25.8 Å². The van der Waals surface area contributed by atoms with Crippen LogP contribution < -0.4 is 5.73 Å². The number of benzene rings is 1. The van der Waals surface area contributed by atoms with E-state index < -0.39 is 14.9 Å². The van der Waals surface area contributed by atoms with Crippen molar-refractivity contribution in [3.8, 4) is 0 Å². The van der Waals surface area contributed by atoms with Crippen LogP contribution >= 0.6 is 12.4 Å². The second kappa shape index (κ2) is 6.69. The zero-order valence-corrected chi connectivity index (χ0v) is 13.2. The summed E-state index contributed by atoms with van der Waals surface area (Å²) in [5.41, 5.74) is 5.75. The number of nitro benzene ring substituents is 1. The Morgan fingerprint density at radius 1 is 1.33 bits per heavy atom. The van der Waals surface area contributed by atoms with Gasteiger partial charge in [0.15, 0.2) is 0 Å². The van der Waals surface area contributed by atoms with Crippen LogP contribution in [0.5, 0.6) is 0 Å². The van der Waals surface area contributed by atoms with E-state index in [1.807, 2.05) is 0 Å². The number of piperidine rings is 1. The minimum Gasteiger partial charge on any atom is -0.328 e. The third kappa shape index (κ3) is 3.52. The zero-order valence-electron chi connectivity index (χ0n) is 11.6. The first-order valence-electron chi connectivity index (χ1n) is 6.34. The zero-order chi connectivity index (χ0) is 14.9. The molecule has 1 fully saturated rings. The molecule has 1 saturated heterocycles. The van der Waals surface area contributed by atoms with E-state index in [1.54, 1.807) is 0 Å². The van der Waals surface area contributed by atoms with Crippen LogP contribution in [-0.2, 0) is 10.0 Å². The molecule has 0 saturated carbocycles. The second-order valence-corrected chi connectivity index (χ2v) is 6.81. The third-order valence-electron chi connectivity index (χ3n) is 3.57. The van der Waals surface area contributed by atoms with E-state index in [-0.39, 0.29) is 34.6 Å². The summed E-state index contributed by atoms with van der Waals surface area (Å²) >= 11 is 0. The highest BCUT2D eigenvalue weighted by Crippen LogP contribution is 2.28. The summed E-state index contributed by atoms with van der Waals surface area (Å²) in [5.74, 6) is 0. The lowest BCUT2D eigenvalue weighted by atomic mass is 10.1. The molecule has 0 aromatic heterocycles. The third-order valence-corrected chi connectivity index (χ3v) is 5.61. The minimum absolute atomic E-state index is 0. The Labute approximate surface area is 129 Å². The Balaban J connectivity index is 0.00000220. The molecule has 0 aliphatic carbocycles. The molecule has 1 aliphatic heterocycles. The summed E-state index contributed by atoms with van der Waals surface area (Å²) in [7, 11) is -3.70. The lowest BCUT2D eigenvalue weighted by Gasteiger charge is -2.29. The van der Waals surface area contributed by atoms with Crippen molar-refractivity contribution in [1.29, 1.82) is 0 Å². The molecule has 2 N–H and O–H groups in total. The predicted molar refractivity (Wildman–Crippen MR) is 81.0 cm³/mol. The number of hydrogen-bond acceptors (Lipinski definition) is 5. The molecule has 0 unspecified atom stereocenters. The van der Waals surface area contributed by atoms with Gasteiger partial charge in [-0.2, -0.15) is 4.31 Å². The van der Waals surface area contributed by atoms with Crippen LogP contribution in [-0.4, -0.2) is 36.8 Å². The molecule has 0 amide bonds. The standard InChI is InChI=1S/C12H17N3O4S.ClH/c1-9-11(15(16)17)3-2-4-12(9)20(18,19)14-7-5-10(13)6-8-14;/h2-4,10H,5-8,13H2,1H3;1H. The maximum Gasteiger partial charge on any atom is 0.273 e. The van der Waals surface area contributed by atoms with Gasteiger partial charge in [0.2, 0.25) is 10.0 Å². The molecule has 0 bridgehead atoms. The fourth-order valence-corrected chi connectivity index (χ4v) is 4.05. The van der Waals surface area contributed by atoms with Gasteiger partial charge < -0.3 is 5.73 Å². The Morgan fingerprint density at radius 2 is 1.90 bits per heavy atom. The van der Waals surface area contributed by atoms with Gasteiger partial charge in [0.05, 0.1) is 9.82 Å². The van der Waals surface area contributed by atoms with Crippen molar-refractivity contribution in [3.05, 3.63) is 33.9 Å². The highest BCUT2D eigenvalue weighted by Gasteiger charge is 2.31. The Kier molecular flexibility index (Phi) is 5.68. The van der Waals surface area contributed by atoms with E-state index in [0.29, 0.717) is 25.9 Å². The summed E-state index contributed by atoms with van der Waals surface area (Å²) in [6, 6.07) is 4.13. The molecule has 1 aromatic rings. The van der Waals surface area contributed by atoms with E-state index >= 15 is 0 Å². The average Bonchev–Trinajstić information content (AvgIpc) is 2.38. The molecule has 0 spiro atoms. The SMILES string of the molecule is Cc1c([N+](=O)[O-])cccc1S(=O)(=O)N1CCC(N)CC1.Cl. The van der Waals surface area contributed by atoms with E-state index in [2.05, 4.69) is 0 Å². The molecule has 0 atom stereocenters. The topological polar surface area (TPSA) is 107 Å². The number of rotatable bonds is 3. The van der Waals surface area contributed by atoms with Gasteiger partial charge in [-0.1, -0.05) is 6.07 Å². The molecular formula is C12H18ClN3O4S. The smallest absolute Gasteiger partial charge is 0.273 e. The summed E-state index contributed by atoms with van der Waals surface area (Å²) < 4.78 is 26.5. The lowest BCUT2D eigenvalue weighted by Crippen LogP contribution is -2.42. The fraction of sp³-hybridized carbons (Fsp3) is 0.500. The van der Waals surface area contributed by atoms with Crippen molar-refractivity contribution in [2.45, 2.75) is 30.7 Å². The number of hydrogen-bond donors (Lipinski definition) is 1. The number of nitro groups is 1. The monoisotopic (exact) mass is 335 g/mol. The van der Waals surface area contributed by atoms with Gasteiger partial charge in [-0.15, -0.1) is 12.4 Å². The highest BCUT2D eigenvalue weighted by atomic mass is 35.5. The molecule has 1 aromatic carbocycles. The molecule has 0 radical (unpaired) electrons. The van der Waals surface area contributed by atoms with Crippen molar-refractivity contribution in [2.24, 2.45) is 5.73 Å². The van der Waals surface area contributed by atoms with Crippen molar-refractivity contribution in [1.82, 2.24) is 4.31 Å². The van der Waals surface area contributed by atoms with E-state index in [9.17, 15) is 18.5 Å². The lowest BCUT2D eigenvalue weighted by molar-refractivity contribution is -0.385. The molecular weight excluding hydrogens is 318 g/mol. The van der Waals surface area contributed by atoms with E-state index in [1.165, 1.54) is 29.4 Å². The van der Waals surface area contributed by atoms with E-state index in [4.69, 9.17) is 5.73 Å². The first-order valence-corrected chi connectivity index (χ1v) is 7.78. The van der Waals surface area contributed by atoms with Gasteiger partial charge in [0.25, 0.3) is 5.69 Å². The molecule has 118 valence electrons. The number of halogens is 1. The molecule has 21 heavy (non-hydrogen) atoms. The van der Waals surface area contributed by atoms with Crippen molar-refractivity contribution in [3.63, 3.8) is 0 Å². The van der Waals surface area contributed by atoms with Crippen LogP contribution in [0.1, 0.15) is 18.4 Å². The van der Waals surface area contributed by atoms with Crippen molar-refractivity contribution < 1.29 is 13.3 Å². The fourth-order valence-electron chi connectivity index (χ4n) is 2.34. The summed E-state index contributed by atoms with van der Waals surface area (Å²) in [6.45, 7) is 2.16. The number of sulfonamides is 1. The maximum absolute atomic E-state index is 12.6. The number of nitrogens with zero attached hydrogens (tertiary/aromatic N) is 2. The second-order valence-electron chi connectivity index (χ2n) is 4.90. The first kappa shape index (κ1) is 17.8. The largest absolute Gasteiger partial charge is 0.328 e. The normalized spacial score (nSPS) is 17.2. The first-order chi connectivity index (χ1) is 9.34. The van der Waals surface area contributed by atoms with Gasteiger partial charge in [0.1, 0.15) is 0 Å². The number of nitrogens with two attached hydrogens (primary N) is 1. The maximum atomic E-state index is 12.6. The van der Waals surface area contributed by atoms with Crippen molar-refractivity contribution >= 4 is 28.1 Å². The van der Waals surface area contributed by atoms with Crippen LogP contribution in [0, 0.1) is 17.0 Å².